The smallest absolute Gasteiger partial charge is 0.273 e. The molecule has 4 aliphatic carbocycles. The van der Waals surface area contributed by atoms with Crippen molar-refractivity contribution in [2.24, 2.45) is 28.3 Å². The fraction of sp³-hybridized carbons (Fsp3) is 0.600. The molecule has 1 aromatic carbocycles. The second-order valence-corrected chi connectivity index (χ2v) is 10.6. The van der Waals surface area contributed by atoms with E-state index in [2.05, 4.69) is 10.9 Å². The molecule has 4 aliphatic rings. The lowest BCUT2D eigenvalue weighted by molar-refractivity contribution is -0.130. The lowest BCUT2D eigenvalue weighted by Crippen LogP contribution is -2.50. The molecule has 29 heavy (non-hydrogen) atoms. The monoisotopic (exact) mass is 421 g/mol. The van der Waals surface area contributed by atoms with Crippen LogP contribution in [0.25, 0.3) is 0 Å². The first-order valence-corrected chi connectivity index (χ1v) is 11.5. The number of nitrogens with two attached hydrogens (primary N) is 1. The third-order valence-electron chi connectivity index (χ3n) is 6.76. The van der Waals surface area contributed by atoms with Gasteiger partial charge in [0.2, 0.25) is 15.9 Å². The van der Waals surface area contributed by atoms with E-state index in [1.54, 1.807) is 0 Å². The molecule has 4 bridgehead atoms. The van der Waals surface area contributed by atoms with Gasteiger partial charge in [0, 0.05) is 6.42 Å². The van der Waals surface area contributed by atoms with Crippen LogP contribution in [0, 0.1) is 23.2 Å². The van der Waals surface area contributed by atoms with Crippen LogP contribution in [0.3, 0.4) is 0 Å². The number of benzene rings is 1. The fourth-order valence-electron chi connectivity index (χ4n) is 6.13. The summed E-state index contributed by atoms with van der Waals surface area (Å²) in [6.07, 6.45) is 7.62. The van der Waals surface area contributed by atoms with Gasteiger partial charge in [-0.3, -0.25) is 20.4 Å². The lowest BCUT2D eigenvalue weighted by atomic mass is 9.49. The maximum Gasteiger partial charge on any atom is 0.273 e. The van der Waals surface area contributed by atoms with E-state index >= 15 is 0 Å². The van der Waals surface area contributed by atoms with Crippen molar-refractivity contribution >= 4 is 21.8 Å². The Labute approximate surface area is 170 Å². The third kappa shape index (κ3) is 4.11. The Bertz CT molecular complexity index is 908. The van der Waals surface area contributed by atoms with Crippen molar-refractivity contribution < 1.29 is 22.7 Å². The van der Waals surface area contributed by atoms with E-state index in [-0.39, 0.29) is 27.5 Å². The number of nitrogens with one attached hydrogen (secondary N) is 2. The molecule has 4 N–H and O–H groups in total. The minimum atomic E-state index is -3.97. The van der Waals surface area contributed by atoms with E-state index in [1.165, 1.54) is 38.5 Å². The van der Waals surface area contributed by atoms with Crippen LogP contribution >= 0.6 is 0 Å². The molecule has 5 rings (SSSR count). The molecule has 9 heteroatoms. The van der Waals surface area contributed by atoms with Gasteiger partial charge in [0.15, 0.2) is 0 Å². The third-order valence-corrected chi connectivity index (χ3v) is 7.67. The highest BCUT2D eigenvalue weighted by Gasteiger charge is 2.51. The van der Waals surface area contributed by atoms with Gasteiger partial charge in [0.25, 0.3) is 5.91 Å². The molecule has 0 heterocycles. The molecule has 0 spiro atoms. The number of methoxy groups -OCH3 is 1. The molecule has 0 saturated heterocycles. The first-order valence-electron chi connectivity index (χ1n) is 9.97. The Hall–Kier alpha value is -2.13. The minimum Gasteiger partial charge on any atom is -0.496 e. The number of ether oxygens (including phenoxy) is 1. The number of hydrogen-bond acceptors (Lipinski definition) is 5. The van der Waals surface area contributed by atoms with Crippen molar-refractivity contribution in [3.63, 3.8) is 0 Å². The van der Waals surface area contributed by atoms with E-state index in [1.807, 2.05) is 0 Å². The Balaban J connectivity index is 1.40. The molecule has 2 amide bonds. The van der Waals surface area contributed by atoms with Gasteiger partial charge in [0.1, 0.15) is 5.75 Å². The molecule has 0 radical (unpaired) electrons. The van der Waals surface area contributed by atoms with Crippen molar-refractivity contribution in [3.8, 4) is 5.75 Å². The Morgan fingerprint density at radius 3 is 2.21 bits per heavy atom. The summed E-state index contributed by atoms with van der Waals surface area (Å²) in [5.41, 5.74) is 4.92. The van der Waals surface area contributed by atoms with Crippen LogP contribution < -0.4 is 20.7 Å². The van der Waals surface area contributed by atoms with Crippen LogP contribution in [-0.4, -0.2) is 27.3 Å². The van der Waals surface area contributed by atoms with Crippen LogP contribution in [-0.2, 0) is 14.8 Å². The van der Waals surface area contributed by atoms with Crippen LogP contribution in [0.1, 0.15) is 55.3 Å². The zero-order valence-corrected chi connectivity index (χ0v) is 17.3. The molecule has 0 aromatic heterocycles. The minimum absolute atomic E-state index is 0.0193. The first-order chi connectivity index (χ1) is 13.7. The number of carbonyl (C=O) groups excluding carboxylic acids is 2. The predicted octanol–water partition coefficient (Wildman–Crippen LogP) is 1.71. The van der Waals surface area contributed by atoms with E-state index in [0.29, 0.717) is 6.42 Å². The maximum absolute atomic E-state index is 12.6. The number of primary sulfonamides is 1. The van der Waals surface area contributed by atoms with Gasteiger partial charge in [-0.15, -0.1) is 0 Å². The topological polar surface area (TPSA) is 128 Å². The summed E-state index contributed by atoms with van der Waals surface area (Å²) in [4.78, 5) is 24.9. The van der Waals surface area contributed by atoms with Gasteiger partial charge < -0.3 is 4.74 Å². The molecule has 4 fully saturated rings. The van der Waals surface area contributed by atoms with Crippen LogP contribution in [0.4, 0.5) is 0 Å². The lowest BCUT2D eigenvalue weighted by Gasteiger charge is -2.56. The molecule has 0 aliphatic heterocycles. The van der Waals surface area contributed by atoms with Crippen LogP contribution in [0.15, 0.2) is 23.1 Å². The molecule has 4 saturated carbocycles. The number of carbonyl (C=O) groups is 2. The largest absolute Gasteiger partial charge is 0.496 e. The van der Waals surface area contributed by atoms with E-state index in [0.717, 1.165) is 43.1 Å². The average molecular weight is 422 g/mol. The summed E-state index contributed by atoms with van der Waals surface area (Å²) in [6, 6.07) is 3.75. The summed E-state index contributed by atoms with van der Waals surface area (Å²) in [7, 11) is -2.60. The highest BCUT2D eigenvalue weighted by Crippen LogP contribution is 2.61. The van der Waals surface area contributed by atoms with E-state index in [9.17, 15) is 18.0 Å². The van der Waals surface area contributed by atoms with Gasteiger partial charge in [-0.05, 0) is 79.9 Å². The summed E-state index contributed by atoms with van der Waals surface area (Å²) in [5, 5.41) is 5.13. The molecular weight excluding hydrogens is 394 g/mol. The second-order valence-electron chi connectivity index (χ2n) is 9.00. The molecule has 1 aromatic rings. The quantitative estimate of drug-likeness (QED) is 0.624. The standard InChI is InChI=1S/C20H27N3O5S/c1-28-17-3-2-15(29(21,26)27)7-16(17)19(25)23-22-18(24)11-20-8-12-4-13(9-20)6-14(5-12)10-20/h2-3,7,12-14H,4-6,8-11H2,1H3,(H,22,24)(H,23,25)(H2,21,26,27). The van der Waals surface area contributed by atoms with Crippen molar-refractivity contribution in [2.45, 2.75) is 49.8 Å². The number of hydrazine groups is 1. The van der Waals surface area contributed by atoms with Crippen molar-refractivity contribution in [3.05, 3.63) is 23.8 Å². The van der Waals surface area contributed by atoms with Crippen molar-refractivity contribution in [2.75, 3.05) is 7.11 Å². The van der Waals surface area contributed by atoms with Gasteiger partial charge in [-0.25, -0.2) is 13.6 Å². The second kappa shape index (κ2) is 7.28. The fourth-order valence-corrected chi connectivity index (χ4v) is 6.67. The zero-order chi connectivity index (χ0) is 20.8. The molecule has 8 nitrogen and oxygen atoms in total. The number of sulfonamides is 1. The van der Waals surface area contributed by atoms with Crippen molar-refractivity contribution in [1.29, 1.82) is 0 Å². The van der Waals surface area contributed by atoms with Gasteiger partial charge in [-0.2, -0.15) is 0 Å². The normalized spacial score (nSPS) is 30.1. The summed E-state index contributed by atoms with van der Waals surface area (Å²) < 4.78 is 28.2. The van der Waals surface area contributed by atoms with Gasteiger partial charge >= 0.3 is 0 Å². The summed E-state index contributed by atoms with van der Waals surface area (Å²) in [6.45, 7) is 0. The molecule has 0 atom stereocenters. The number of hydrogen-bond donors (Lipinski definition) is 3. The summed E-state index contributed by atoms with van der Waals surface area (Å²) in [5.74, 6) is 1.54. The van der Waals surface area contributed by atoms with Crippen molar-refractivity contribution in [1.82, 2.24) is 10.9 Å². The van der Waals surface area contributed by atoms with Crippen LogP contribution in [0.5, 0.6) is 5.75 Å². The Kier molecular flexibility index (Phi) is 5.06. The van der Waals surface area contributed by atoms with Gasteiger partial charge in [0.05, 0.1) is 17.6 Å². The Morgan fingerprint density at radius 2 is 1.69 bits per heavy atom. The SMILES string of the molecule is COc1ccc(S(N)(=O)=O)cc1C(=O)NNC(=O)CC12CC3CC(CC(C3)C1)C2. The highest BCUT2D eigenvalue weighted by molar-refractivity contribution is 7.89. The molecule has 0 unspecified atom stereocenters. The average Bonchev–Trinajstić information content (AvgIpc) is 2.63. The van der Waals surface area contributed by atoms with E-state index < -0.39 is 15.9 Å². The summed E-state index contributed by atoms with van der Waals surface area (Å²) >= 11 is 0. The molecule has 158 valence electrons. The number of rotatable bonds is 5. The Morgan fingerprint density at radius 1 is 1.10 bits per heavy atom. The van der Waals surface area contributed by atoms with Gasteiger partial charge in [-0.1, -0.05) is 0 Å². The van der Waals surface area contributed by atoms with E-state index in [4.69, 9.17) is 9.88 Å². The predicted molar refractivity (Wildman–Crippen MR) is 105 cm³/mol. The maximum atomic E-state index is 12.6. The number of amides is 2. The molecular formula is C20H27N3O5S. The zero-order valence-electron chi connectivity index (χ0n) is 16.4. The highest BCUT2D eigenvalue weighted by atomic mass is 32.2. The van der Waals surface area contributed by atoms with Crippen LogP contribution in [0.2, 0.25) is 0 Å². The first kappa shape index (κ1) is 20.2.